The highest BCUT2D eigenvalue weighted by Gasteiger charge is 2.39. The average Bonchev–Trinajstić information content (AvgIpc) is 3.99. The molecule has 3 atom stereocenters. The molecule has 3 aliphatic heterocycles. The van der Waals surface area contributed by atoms with Crippen LogP contribution in [0.2, 0.25) is 6.04 Å². The van der Waals surface area contributed by atoms with Gasteiger partial charge in [-0.25, -0.2) is 4.79 Å². The number of ether oxygens (including phenoxy) is 7. The van der Waals surface area contributed by atoms with Crippen LogP contribution in [0.3, 0.4) is 0 Å². The van der Waals surface area contributed by atoms with Crippen molar-refractivity contribution in [3.8, 4) is 23.0 Å². The van der Waals surface area contributed by atoms with Crippen molar-refractivity contribution in [2.24, 2.45) is 0 Å². The number of amides is 1. The van der Waals surface area contributed by atoms with Crippen LogP contribution in [0, 0.1) is 0 Å². The molecule has 3 unspecified atom stereocenters. The number of epoxide rings is 3. The van der Waals surface area contributed by atoms with Gasteiger partial charge in [0.25, 0.3) is 0 Å². The maximum atomic E-state index is 13.0. The smallest absolute Gasteiger partial charge is 0.491 e. The molecule has 0 bridgehead atoms. The van der Waals surface area contributed by atoms with E-state index in [0.29, 0.717) is 84.0 Å². The summed E-state index contributed by atoms with van der Waals surface area (Å²) in [5, 5.41) is 6.83. The number of fused-ring (bicyclic) bond motifs is 2. The molecule has 3 heterocycles. The first-order valence-corrected chi connectivity index (χ1v) is 20.6. The van der Waals surface area contributed by atoms with E-state index in [2.05, 4.69) is 23.5 Å². The third kappa shape index (κ3) is 10.2. The zero-order valence-electron chi connectivity index (χ0n) is 30.7. The van der Waals surface area contributed by atoms with Crippen molar-refractivity contribution in [2.75, 3.05) is 66.0 Å². The quantitative estimate of drug-likeness (QED) is 0.0541. The summed E-state index contributed by atoms with van der Waals surface area (Å²) in [6, 6.07) is 20.5. The molecule has 4 aromatic rings. The van der Waals surface area contributed by atoms with Gasteiger partial charge in [0.15, 0.2) is 0 Å². The Labute approximate surface area is 311 Å². The molecule has 0 saturated carbocycles. The SMILES string of the molecule is CCO[Si](CCCNC(=O)Oc1ccc2ccc(OCC3CO3)c(Cc3c(OCC4CO4)ccc4ccc(OCC5CO5)cc34)c2c1)(OCC)OCC. The summed E-state index contributed by atoms with van der Waals surface area (Å²) in [5.74, 6) is 2.67. The first-order chi connectivity index (χ1) is 26.0. The van der Waals surface area contributed by atoms with Gasteiger partial charge in [0.1, 0.15) is 61.1 Å². The zero-order valence-corrected chi connectivity index (χ0v) is 31.7. The van der Waals surface area contributed by atoms with Crippen molar-refractivity contribution in [1.29, 1.82) is 0 Å². The van der Waals surface area contributed by atoms with Crippen LogP contribution in [-0.4, -0.2) is 99.2 Å². The summed E-state index contributed by atoms with van der Waals surface area (Å²) in [6.45, 7) is 11.2. The maximum absolute atomic E-state index is 13.0. The van der Waals surface area contributed by atoms with Gasteiger partial charge in [0.2, 0.25) is 0 Å². The van der Waals surface area contributed by atoms with E-state index in [9.17, 15) is 4.79 Å². The van der Waals surface area contributed by atoms with Gasteiger partial charge >= 0.3 is 14.9 Å². The van der Waals surface area contributed by atoms with Crippen LogP contribution in [0.25, 0.3) is 21.5 Å². The molecule has 3 saturated heterocycles. The third-order valence-electron chi connectivity index (χ3n) is 9.20. The van der Waals surface area contributed by atoms with Gasteiger partial charge in [-0.1, -0.05) is 24.3 Å². The van der Waals surface area contributed by atoms with Crippen LogP contribution in [0.15, 0.2) is 60.7 Å². The highest BCUT2D eigenvalue weighted by Crippen LogP contribution is 2.39. The molecule has 284 valence electrons. The fraction of sp³-hybridized carbons (Fsp3) is 0.475. The lowest BCUT2D eigenvalue weighted by Crippen LogP contribution is -2.46. The van der Waals surface area contributed by atoms with Crippen molar-refractivity contribution >= 4 is 36.4 Å². The Bertz CT molecular complexity index is 1840. The summed E-state index contributed by atoms with van der Waals surface area (Å²) in [5.41, 5.74) is 1.93. The van der Waals surface area contributed by atoms with Crippen LogP contribution in [0.5, 0.6) is 23.0 Å². The van der Waals surface area contributed by atoms with Gasteiger partial charge in [-0.2, -0.15) is 0 Å². The maximum Gasteiger partial charge on any atom is 0.500 e. The Kier molecular flexibility index (Phi) is 12.3. The minimum Gasteiger partial charge on any atom is -0.491 e. The average molecular weight is 748 g/mol. The predicted molar refractivity (Wildman–Crippen MR) is 200 cm³/mol. The molecule has 0 aromatic heterocycles. The lowest BCUT2D eigenvalue weighted by molar-refractivity contribution is 0.0707. The summed E-state index contributed by atoms with van der Waals surface area (Å²) in [6.07, 6.45) is 0.869. The second-order valence-electron chi connectivity index (χ2n) is 13.2. The number of nitrogens with one attached hydrogen (secondary N) is 1. The highest BCUT2D eigenvalue weighted by atomic mass is 28.4. The van der Waals surface area contributed by atoms with Crippen LogP contribution >= 0.6 is 0 Å². The first-order valence-electron chi connectivity index (χ1n) is 18.7. The van der Waals surface area contributed by atoms with Gasteiger partial charge in [0, 0.05) is 50.0 Å². The summed E-state index contributed by atoms with van der Waals surface area (Å²) in [4.78, 5) is 13.0. The summed E-state index contributed by atoms with van der Waals surface area (Å²) < 4.78 is 58.8. The molecule has 3 fully saturated rings. The van der Waals surface area contributed by atoms with Crippen molar-refractivity contribution in [1.82, 2.24) is 5.32 Å². The molecule has 4 aromatic carbocycles. The van der Waals surface area contributed by atoms with Gasteiger partial charge in [-0.05, 0) is 85.1 Å². The molecule has 0 aliphatic carbocycles. The van der Waals surface area contributed by atoms with E-state index in [4.69, 9.17) is 46.4 Å². The lowest BCUT2D eigenvalue weighted by Gasteiger charge is -2.28. The molecule has 1 N–H and O–H groups in total. The minimum atomic E-state index is -2.80. The van der Waals surface area contributed by atoms with Gasteiger partial charge < -0.3 is 51.8 Å². The van der Waals surface area contributed by atoms with E-state index in [1.165, 1.54) is 0 Å². The van der Waals surface area contributed by atoms with Gasteiger partial charge in [-0.15, -0.1) is 0 Å². The highest BCUT2D eigenvalue weighted by molar-refractivity contribution is 6.60. The zero-order chi connectivity index (χ0) is 36.6. The summed E-state index contributed by atoms with van der Waals surface area (Å²) >= 11 is 0. The van der Waals surface area contributed by atoms with E-state index in [1.807, 2.05) is 57.2 Å². The molecular weight excluding hydrogens is 699 g/mol. The number of carbonyl (C=O) groups is 1. The van der Waals surface area contributed by atoms with Crippen LogP contribution in [0.1, 0.15) is 38.3 Å². The van der Waals surface area contributed by atoms with Crippen LogP contribution in [0.4, 0.5) is 4.79 Å². The largest absolute Gasteiger partial charge is 0.500 e. The van der Waals surface area contributed by atoms with Gasteiger partial charge in [0.05, 0.1) is 19.8 Å². The third-order valence-corrected chi connectivity index (χ3v) is 12.4. The molecule has 12 nitrogen and oxygen atoms in total. The molecule has 7 rings (SSSR count). The van der Waals surface area contributed by atoms with Crippen molar-refractivity contribution < 1.29 is 51.2 Å². The second kappa shape index (κ2) is 17.5. The Morgan fingerprint density at radius 3 is 1.66 bits per heavy atom. The molecule has 0 radical (unpaired) electrons. The molecule has 53 heavy (non-hydrogen) atoms. The van der Waals surface area contributed by atoms with E-state index in [-0.39, 0.29) is 18.3 Å². The Morgan fingerprint density at radius 2 is 1.15 bits per heavy atom. The lowest BCUT2D eigenvalue weighted by atomic mass is 9.93. The second-order valence-corrected chi connectivity index (χ2v) is 16.0. The Balaban J connectivity index is 1.15. The fourth-order valence-corrected chi connectivity index (χ4v) is 8.95. The number of rotatable bonds is 22. The van der Waals surface area contributed by atoms with Crippen LogP contribution < -0.4 is 24.3 Å². The molecule has 13 heteroatoms. The number of benzene rings is 4. The normalized spacial score (nSPS) is 18.9. The van der Waals surface area contributed by atoms with E-state index in [1.54, 1.807) is 6.07 Å². The topological polar surface area (TPSA) is 131 Å². The summed E-state index contributed by atoms with van der Waals surface area (Å²) in [7, 11) is -2.80. The van der Waals surface area contributed by atoms with E-state index in [0.717, 1.165) is 56.5 Å². The first kappa shape index (κ1) is 37.4. The molecule has 1 amide bonds. The molecule has 3 aliphatic rings. The van der Waals surface area contributed by atoms with Crippen molar-refractivity contribution in [3.05, 3.63) is 71.8 Å². The van der Waals surface area contributed by atoms with Crippen LogP contribution in [-0.2, 0) is 33.9 Å². The van der Waals surface area contributed by atoms with Crippen molar-refractivity contribution in [3.63, 3.8) is 0 Å². The minimum absolute atomic E-state index is 0.0745. The monoisotopic (exact) mass is 747 g/mol. The van der Waals surface area contributed by atoms with E-state index >= 15 is 0 Å². The Morgan fingerprint density at radius 1 is 0.679 bits per heavy atom. The number of hydrogen-bond acceptors (Lipinski definition) is 11. The predicted octanol–water partition coefficient (Wildman–Crippen LogP) is 6.44. The van der Waals surface area contributed by atoms with E-state index < -0.39 is 14.9 Å². The number of carbonyl (C=O) groups excluding carboxylic acids is 1. The Hall–Kier alpha value is -3.95. The molecular formula is C40H49NO11Si. The van der Waals surface area contributed by atoms with Crippen molar-refractivity contribution in [2.45, 2.75) is 58.0 Å². The standard InChI is InChI=1S/C40H49NO11Si/c1-4-49-53(50-5-2,51-6-3)17-7-16-41-40(42)52-30-13-9-28-11-15-39(48-26-33-24-46-33)37(35(28)19-30)20-36-34-18-29(43-21-31-22-44-31)12-8-27(34)10-14-38(36)47-25-32-23-45-32/h8-15,18-19,31-33H,4-7,16-17,20-26H2,1-3H3,(H,41,42). The number of hydrogen-bond donors (Lipinski definition) is 1. The fourth-order valence-electron chi connectivity index (χ4n) is 6.33. The van der Waals surface area contributed by atoms with Gasteiger partial charge in [-0.3, -0.25) is 0 Å². The molecule has 0 spiro atoms.